The molecule has 0 aromatic heterocycles. The number of hydrogen-bond donors (Lipinski definition) is 2. The lowest BCUT2D eigenvalue weighted by molar-refractivity contribution is -0.115. The highest BCUT2D eigenvalue weighted by Gasteiger charge is 2.03. The van der Waals surface area contributed by atoms with Gasteiger partial charge in [-0.2, -0.15) is 0 Å². The van der Waals surface area contributed by atoms with Gasteiger partial charge in [-0.25, -0.2) is 0 Å². The van der Waals surface area contributed by atoms with Gasteiger partial charge in [0.1, 0.15) is 0 Å². The van der Waals surface area contributed by atoms with Crippen molar-refractivity contribution in [3.05, 3.63) is 65.7 Å². The average molecular weight is 240 g/mol. The Balaban J connectivity index is 1.94. The molecule has 0 atom stereocenters. The van der Waals surface area contributed by atoms with Crippen molar-refractivity contribution in [3.63, 3.8) is 0 Å². The van der Waals surface area contributed by atoms with Crippen molar-refractivity contribution in [3.8, 4) is 0 Å². The molecular formula is C15H16N2O. The topological polar surface area (TPSA) is 55.1 Å². The van der Waals surface area contributed by atoms with Crippen LogP contribution in [0.3, 0.4) is 0 Å². The smallest absolute Gasteiger partial charge is 0.228 e. The van der Waals surface area contributed by atoms with E-state index in [1.54, 1.807) is 0 Å². The Morgan fingerprint density at radius 1 is 0.944 bits per heavy atom. The fraction of sp³-hybridized carbons (Fsp3) is 0.133. The number of carbonyl (C=O) groups excluding carboxylic acids is 1. The van der Waals surface area contributed by atoms with E-state index >= 15 is 0 Å². The van der Waals surface area contributed by atoms with E-state index in [4.69, 9.17) is 5.73 Å². The molecule has 3 heteroatoms. The number of rotatable bonds is 4. The van der Waals surface area contributed by atoms with E-state index in [0.717, 1.165) is 16.8 Å². The summed E-state index contributed by atoms with van der Waals surface area (Å²) < 4.78 is 0. The summed E-state index contributed by atoms with van der Waals surface area (Å²) in [6, 6.07) is 17.2. The van der Waals surface area contributed by atoms with Gasteiger partial charge in [0.05, 0.1) is 6.42 Å². The van der Waals surface area contributed by atoms with Crippen LogP contribution in [0.1, 0.15) is 11.1 Å². The minimum Gasteiger partial charge on any atom is -0.326 e. The van der Waals surface area contributed by atoms with Gasteiger partial charge >= 0.3 is 0 Å². The first-order chi connectivity index (χ1) is 8.78. The molecule has 2 aromatic carbocycles. The monoisotopic (exact) mass is 240 g/mol. The Hall–Kier alpha value is -2.13. The van der Waals surface area contributed by atoms with Gasteiger partial charge in [-0.1, -0.05) is 42.5 Å². The predicted octanol–water partition coefficient (Wildman–Crippen LogP) is 2.33. The van der Waals surface area contributed by atoms with Crippen molar-refractivity contribution >= 4 is 11.6 Å². The van der Waals surface area contributed by atoms with Gasteiger partial charge in [0.2, 0.25) is 5.91 Å². The van der Waals surface area contributed by atoms with Gasteiger partial charge in [0.25, 0.3) is 0 Å². The highest BCUT2D eigenvalue weighted by molar-refractivity contribution is 5.92. The lowest BCUT2D eigenvalue weighted by Crippen LogP contribution is -2.14. The molecule has 18 heavy (non-hydrogen) atoms. The minimum absolute atomic E-state index is 0.0123. The van der Waals surface area contributed by atoms with Crippen LogP contribution in [0, 0.1) is 0 Å². The highest BCUT2D eigenvalue weighted by atomic mass is 16.1. The first kappa shape index (κ1) is 12.3. The van der Waals surface area contributed by atoms with Crippen LogP contribution < -0.4 is 11.1 Å². The number of carbonyl (C=O) groups is 1. The van der Waals surface area contributed by atoms with Gasteiger partial charge in [0.15, 0.2) is 0 Å². The molecule has 0 saturated heterocycles. The normalized spacial score (nSPS) is 10.1. The Morgan fingerprint density at radius 2 is 1.56 bits per heavy atom. The SMILES string of the molecule is NCc1ccc(CC(=O)Nc2ccccc2)cc1. The number of nitrogens with two attached hydrogens (primary N) is 1. The average Bonchev–Trinajstić information content (AvgIpc) is 2.40. The molecule has 0 fully saturated rings. The lowest BCUT2D eigenvalue weighted by atomic mass is 10.1. The maximum atomic E-state index is 11.8. The maximum absolute atomic E-state index is 11.8. The summed E-state index contributed by atoms with van der Waals surface area (Å²) in [5, 5.41) is 2.86. The summed E-state index contributed by atoms with van der Waals surface area (Å²) in [4.78, 5) is 11.8. The second-order valence-electron chi connectivity index (χ2n) is 4.11. The third kappa shape index (κ3) is 3.43. The van der Waals surface area contributed by atoms with Crippen LogP contribution in [0.15, 0.2) is 54.6 Å². The largest absolute Gasteiger partial charge is 0.326 e. The molecule has 3 nitrogen and oxygen atoms in total. The Labute approximate surface area is 107 Å². The van der Waals surface area contributed by atoms with Crippen LogP contribution in [0.5, 0.6) is 0 Å². The Kier molecular flexibility index (Phi) is 4.10. The van der Waals surface area contributed by atoms with Gasteiger partial charge < -0.3 is 11.1 Å². The number of anilines is 1. The first-order valence-electron chi connectivity index (χ1n) is 5.91. The molecule has 0 heterocycles. The van der Waals surface area contributed by atoms with Crippen LogP contribution in [0.2, 0.25) is 0 Å². The van der Waals surface area contributed by atoms with Crippen molar-refractivity contribution in [2.24, 2.45) is 5.73 Å². The maximum Gasteiger partial charge on any atom is 0.228 e. The predicted molar refractivity (Wildman–Crippen MR) is 73.1 cm³/mol. The standard InChI is InChI=1S/C15H16N2O/c16-11-13-8-6-12(7-9-13)10-15(18)17-14-4-2-1-3-5-14/h1-9H,10-11,16H2,(H,17,18). The second kappa shape index (κ2) is 5.98. The Morgan fingerprint density at radius 3 is 2.17 bits per heavy atom. The molecule has 3 N–H and O–H groups in total. The molecule has 0 bridgehead atoms. The molecule has 2 rings (SSSR count). The first-order valence-corrected chi connectivity index (χ1v) is 5.91. The van der Waals surface area contributed by atoms with E-state index in [2.05, 4.69) is 5.32 Å². The van der Waals surface area contributed by atoms with E-state index in [0.29, 0.717) is 13.0 Å². The number of para-hydroxylation sites is 1. The fourth-order valence-electron chi connectivity index (χ4n) is 1.71. The van der Waals surface area contributed by atoms with E-state index in [-0.39, 0.29) is 5.91 Å². The van der Waals surface area contributed by atoms with Crippen LogP contribution >= 0.6 is 0 Å². The Bertz CT molecular complexity index is 506. The van der Waals surface area contributed by atoms with Gasteiger partial charge in [0, 0.05) is 12.2 Å². The summed E-state index contributed by atoms with van der Waals surface area (Å²) in [6.07, 6.45) is 0.375. The van der Waals surface area contributed by atoms with Crippen molar-refractivity contribution in [2.75, 3.05) is 5.32 Å². The third-order valence-electron chi connectivity index (χ3n) is 2.68. The molecule has 92 valence electrons. The molecule has 0 saturated carbocycles. The van der Waals surface area contributed by atoms with Crippen molar-refractivity contribution in [2.45, 2.75) is 13.0 Å². The highest BCUT2D eigenvalue weighted by Crippen LogP contribution is 2.08. The zero-order valence-electron chi connectivity index (χ0n) is 10.1. The van der Waals surface area contributed by atoms with Crippen LogP contribution in [0.4, 0.5) is 5.69 Å². The fourth-order valence-corrected chi connectivity index (χ4v) is 1.71. The zero-order valence-corrected chi connectivity index (χ0v) is 10.1. The number of hydrogen-bond acceptors (Lipinski definition) is 2. The van der Waals surface area contributed by atoms with Gasteiger partial charge in [-0.05, 0) is 23.3 Å². The summed E-state index contributed by atoms with van der Waals surface area (Å²) in [5.41, 5.74) is 8.40. The van der Waals surface area contributed by atoms with Gasteiger partial charge in [-0.15, -0.1) is 0 Å². The van der Waals surface area contributed by atoms with Crippen molar-refractivity contribution in [1.29, 1.82) is 0 Å². The van der Waals surface area contributed by atoms with Crippen LogP contribution in [-0.4, -0.2) is 5.91 Å². The van der Waals surface area contributed by atoms with E-state index in [9.17, 15) is 4.79 Å². The summed E-state index contributed by atoms with van der Waals surface area (Å²) >= 11 is 0. The van der Waals surface area contributed by atoms with Crippen molar-refractivity contribution in [1.82, 2.24) is 0 Å². The second-order valence-corrected chi connectivity index (χ2v) is 4.11. The molecular weight excluding hydrogens is 224 g/mol. The third-order valence-corrected chi connectivity index (χ3v) is 2.68. The van der Waals surface area contributed by atoms with Crippen LogP contribution in [0.25, 0.3) is 0 Å². The van der Waals surface area contributed by atoms with Crippen molar-refractivity contribution < 1.29 is 4.79 Å². The molecule has 0 aliphatic carbocycles. The minimum atomic E-state index is -0.0123. The molecule has 0 spiro atoms. The zero-order chi connectivity index (χ0) is 12.8. The van der Waals surface area contributed by atoms with Gasteiger partial charge in [-0.3, -0.25) is 4.79 Å². The quantitative estimate of drug-likeness (QED) is 0.861. The van der Waals surface area contributed by atoms with E-state index in [1.807, 2.05) is 54.6 Å². The molecule has 1 amide bonds. The van der Waals surface area contributed by atoms with E-state index < -0.39 is 0 Å². The molecule has 0 aliphatic heterocycles. The molecule has 0 unspecified atom stereocenters. The summed E-state index contributed by atoms with van der Waals surface area (Å²) in [6.45, 7) is 0.524. The van der Waals surface area contributed by atoms with E-state index in [1.165, 1.54) is 0 Å². The number of amides is 1. The summed E-state index contributed by atoms with van der Waals surface area (Å²) in [7, 11) is 0. The molecule has 0 radical (unpaired) electrons. The lowest BCUT2D eigenvalue weighted by Gasteiger charge is -2.05. The number of nitrogens with one attached hydrogen (secondary N) is 1. The molecule has 0 aliphatic rings. The van der Waals surface area contributed by atoms with Crippen LogP contribution in [-0.2, 0) is 17.8 Å². The molecule has 2 aromatic rings. The summed E-state index contributed by atoms with van der Waals surface area (Å²) in [5.74, 6) is -0.0123. The number of benzene rings is 2.